The van der Waals surface area contributed by atoms with Crippen LogP contribution >= 0.6 is 0 Å². The van der Waals surface area contributed by atoms with E-state index in [1.165, 1.54) is 22.8 Å². The highest BCUT2D eigenvalue weighted by molar-refractivity contribution is 5.88. The molecule has 5 N–H and O–H groups in total. The predicted octanol–water partition coefficient (Wildman–Crippen LogP) is 3.71. The molecule has 1 amide bonds. The number of halogens is 3. The number of nitrogens with zero attached hydrogens (tertiary/aromatic N) is 3. The number of methoxy groups -OCH3 is 1. The first-order chi connectivity index (χ1) is 14.7. The molecule has 1 fully saturated rings. The number of nitrogen functional groups attached to an aromatic ring is 1. The molecule has 1 aliphatic carbocycles. The fourth-order valence-electron chi connectivity index (χ4n) is 2.83. The third-order valence-electron chi connectivity index (χ3n) is 4.33. The zero-order chi connectivity index (χ0) is 22.2. The summed E-state index contributed by atoms with van der Waals surface area (Å²) in [4.78, 5) is 15.8. The van der Waals surface area contributed by atoms with Crippen molar-refractivity contribution in [2.45, 2.75) is 25.2 Å². The highest BCUT2D eigenvalue weighted by Gasteiger charge is 2.32. The standard InChI is InChI=1S/C18H18F3N7O3/c1-30-17(29)26-11-6-10(4-5-13(11)31-18(19,20)21)25-15-7-12(24-9-2-3-9)16-23-8-14(22)28(16)27-15/h4-9,24H,2-3,22H2,1H3,(H,25,27)(H,26,29). The number of benzene rings is 1. The van der Waals surface area contributed by atoms with Crippen molar-refractivity contribution in [2.75, 3.05) is 28.8 Å². The second-order valence-electron chi connectivity index (χ2n) is 6.78. The van der Waals surface area contributed by atoms with E-state index in [0.29, 0.717) is 34.7 Å². The van der Waals surface area contributed by atoms with Gasteiger partial charge >= 0.3 is 12.5 Å². The molecule has 0 atom stereocenters. The van der Waals surface area contributed by atoms with Crippen LogP contribution in [0.3, 0.4) is 0 Å². The van der Waals surface area contributed by atoms with Gasteiger partial charge in [0.1, 0.15) is 5.82 Å². The predicted molar refractivity (Wildman–Crippen MR) is 106 cm³/mol. The molecule has 13 heteroatoms. The maximum Gasteiger partial charge on any atom is 0.573 e. The van der Waals surface area contributed by atoms with Crippen LogP contribution in [0.25, 0.3) is 5.65 Å². The van der Waals surface area contributed by atoms with Gasteiger partial charge < -0.3 is 25.8 Å². The Bertz CT molecular complexity index is 1130. The molecule has 2 aromatic heterocycles. The van der Waals surface area contributed by atoms with Gasteiger partial charge in [0.25, 0.3) is 0 Å². The molecule has 0 aliphatic heterocycles. The number of hydrogen-bond acceptors (Lipinski definition) is 8. The number of alkyl halides is 3. The molecule has 0 saturated heterocycles. The van der Waals surface area contributed by atoms with Crippen molar-refractivity contribution in [2.24, 2.45) is 0 Å². The zero-order valence-corrected chi connectivity index (χ0v) is 16.2. The summed E-state index contributed by atoms with van der Waals surface area (Å²) in [5, 5.41) is 12.9. The van der Waals surface area contributed by atoms with Crippen molar-refractivity contribution >= 4 is 40.4 Å². The van der Waals surface area contributed by atoms with Gasteiger partial charge in [-0.1, -0.05) is 0 Å². The number of nitrogens with two attached hydrogens (primary N) is 1. The van der Waals surface area contributed by atoms with Gasteiger partial charge in [0, 0.05) is 17.8 Å². The maximum atomic E-state index is 12.7. The van der Waals surface area contributed by atoms with Crippen LogP contribution in [0, 0.1) is 0 Å². The lowest BCUT2D eigenvalue weighted by Gasteiger charge is -2.16. The largest absolute Gasteiger partial charge is 0.573 e. The fraction of sp³-hybridized carbons (Fsp3) is 0.278. The molecule has 0 radical (unpaired) electrons. The van der Waals surface area contributed by atoms with E-state index in [2.05, 4.69) is 35.5 Å². The van der Waals surface area contributed by atoms with Gasteiger partial charge in [-0.3, -0.25) is 5.32 Å². The minimum absolute atomic E-state index is 0.242. The Labute approximate surface area is 173 Å². The van der Waals surface area contributed by atoms with Gasteiger partial charge in [-0.15, -0.1) is 18.3 Å². The Kier molecular flexibility index (Phi) is 5.09. The summed E-state index contributed by atoms with van der Waals surface area (Å²) in [6, 6.07) is 5.73. The molecule has 3 aromatic rings. The smallest absolute Gasteiger partial charge is 0.453 e. The van der Waals surface area contributed by atoms with Gasteiger partial charge in [0.15, 0.2) is 17.2 Å². The number of rotatable bonds is 6. The van der Waals surface area contributed by atoms with Crippen molar-refractivity contribution in [1.82, 2.24) is 14.6 Å². The quantitative estimate of drug-likeness (QED) is 0.460. The van der Waals surface area contributed by atoms with Crippen LogP contribution in [0.5, 0.6) is 5.75 Å². The summed E-state index contributed by atoms with van der Waals surface area (Å²) in [5.41, 5.74) is 7.28. The number of fused-ring (bicyclic) bond motifs is 1. The highest BCUT2D eigenvalue weighted by atomic mass is 19.4. The van der Waals surface area contributed by atoms with E-state index in [9.17, 15) is 18.0 Å². The molecule has 2 heterocycles. The maximum absolute atomic E-state index is 12.7. The van der Waals surface area contributed by atoms with E-state index >= 15 is 0 Å². The zero-order valence-electron chi connectivity index (χ0n) is 16.2. The molecule has 10 nitrogen and oxygen atoms in total. The number of carbonyl (C=O) groups excluding carboxylic acids is 1. The third-order valence-corrected chi connectivity index (χ3v) is 4.33. The van der Waals surface area contributed by atoms with Crippen molar-refractivity contribution in [3.63, 3.8) is 0 Å². The summed E-state index contributed by atoms with van der Waals surface area (Å²) >= 11 is 0. The summed E-state index contributed by atoms with van der Waals surface area (Å²) in [6.07, 6.45) is -2.33. The molecular formula is C18H18F3N7O3. The number of amides is 1. The summed E-state index contributed by atoms with van der Waals surface area (Å²) in [6.45, 7) is 0. The minimum atomic E-state index is -4.93. The van der Waals surface area contributed by atoms with E-state index in [1.807, 2.05) is 0 Å². The highest BCUT2D eigenvalue weighted by Crippen LogP contribution is 2.34. The first-order valence-electron chi connectivity index (χ1n) is 9.14. The normalized spacial score (nSPS) is 13.7. The third kappa shape index (κ3) is 4.82. The van der Waals surface area contributed by atoms with E-state index in [1.54, 1.807) is 6.07 Å². The van der Waals surface area contributed by atoms with Crippen LogP contribution in [0.1, 0.15) is 12.8 Å². The molecule has 164 valence electrons. The molecule has 0 bridgehead atoms. The van der Waals surface area contributed by atoms with Gasteiger partial charge in [0.2, 0.25) is 0 Å². The summed E-state index contributed by atoms with van der Waals surface area (Å²) in [7, 11) is 1.09. The van der Waals surface area contributed by atoms with Crippen molar-refractivity contribution in [3.8, 4) is 5.75 Å². The second-order valence-corrected chi connectivity index (χ2v) is 6.78. The lowest BCUT2D eigenvalue weighted by molar-refractivity contribution is -0.274. The van der Waals surface area contributed by atoms with Crippen LogP contribution in [0.15, 0.2) is 30.5 Å². The van der Waals surface area contributed by atoms with Crippen molar-refractivity contribution in [1.29, 1.82) is 0 Å². The lowest BCUT2D eigenvalue weighted by atomic mass is 10.2. The fourth-order valence-corrected chi connectivity index (χ4v) is 2.83. The monoisotopic (exact) mass is 437 g/mol. The van der Waals surface area contributed by atoms with Crippen LogP contribution < -0.4 is 26.4 Å². The van der Waals surface area contributed by atoms with Crippen molar-refractivity contribution < 1.29 is 27.4 Å². The molecule has 0 spiro atoms. The molecule has 4 rings (SSSR count). The topological polar surface area (TPSA) is 128 Å². The molecule has 0 unspecified atom stereocenters. The van der Waals surface area contributed by atoms with Gasteiger partial charge in [-0.2, -0.15) is 4.52 Å². The van der Waals surface area contributed by atoms with Crippen LogP contribution in [-0.4, -0.2) is 40.2 Å². The van der Waals surface area contributed by atoms with Crippen LogP contribution in [0.4, 0.5) is 46.7 Å². The molecular weight excluding hydrogens is 419 g/mol. The van der Waals surface area contributed by atoms with E-state index < -0.39 is 18.2 Å². The van der Waals surface area contributed by atoms with Crippen LogP contribution in [-0.2, 0) is 4.74 Å². The molecule has 1 saturated carbocycles. The van der Waals surface area contributed by atoms with Gasteiger partial charge in [0.05, 0.1) is 24.7 Å². The Hall–Kier alpha value is -3.90. The number of imidazole rings is 1. The van der Waals surface area contributed by atoms with Crippen LogP contribution in [0.2, 0.25) is 0 Å². The second kappa shape index (κ2) is 7.74. The van der Waals surface area contributed by atoms with E-state index in [4.69, 9.17) is 5.73 Å². The Morgan fingerprint density at radius 1 is 1.26 bits per heavy atom. The minimum Gasteiger partial charge on any atom is -0.453 e. The number of anilines is 5. The van der Waals surface area contributed by atoms with Crippen molar-refractivity contribution in [3.05, 3.63) is 30.5 Å². The Balaban J connectivity index is 1.66. The average Bonchev–Trinajstić information content (AvgIpc) is 3.44. The van der Waals surface area contributed by atoms with E-state index in [0.717, 1.165) is 26.0 Å². The Morgan fingerprint density at radius 3 is 2.71 bits per heavy atom. The molecule has 31 heavy (non-hydrogen) atoms. The Morgan fingerprint density at radius 2 is 2.03 bits per heavy atom. The number of nitrogens with one attached hydrogen (secondary N) is 3. The number of hydrogen-bond donors (Lipinski definition) is 4. The number of carbonyl (C=O) groups is 1. The molecule has 1 aromatic carbocycles. The average molecular weight is 437 g/mol. The van der Waals surface area contributed by atoms with Gasteiger partial charge in [-0.25, -0.2) is 9.78 Å². The lowest BCUT2D eigenvalue weighted by Crippen LogP contribution is -2.19. The molecule has 1 aliphatic rings. The first kappa shape index (κ1) is 20.4. The summed E-state index contributed by atoms with van der Waals surface area (Å²) < 4.78 is 47.9. The summed E-state index contributed by atoms with van der Waals surface area (Å²) in [5.74, 6) is 0.0788. The number of aromatic nitrogens is 3. The van der Waals surface area contributed by atoms with Gasteiger partial charge in [-0.05, 0) is 31.0 Å². The van der Waals surface area contributed by atoms with E-state index in [-0.39, 0.29) is 5.69 Å². The number of ether oxygens (including phenoxy) is 2. The SMILES string of the molecule is COC(=O)Nc1cc(Nc2cc(NC3CC3)c3ncc(N)n3n2)ccc1OC(F)(F)F. The first-order valence-corrected chi connectivity index (χ1v) is 9.14.